The smallest absolute Gasteiger partial charge is 0.325 e. The van der Waals surface area contributed by atoms with Crippen molar-refractivity contribution in [3.05, 3.63) is 35.4 Å². The standard InChI is InChI=1S/C20H27N3O3/c1-13-5-7-16(8-6-13)20(4)18(25)23(19(26)21-20)12-17(24)22-10-14(2)9-15(3)11-22/h5-8,14-15H,9-12H2,1-4H3,(H,21,26). The number of hydrogen-bond acceptors (Lipinski definition) is 3. The van der Waals surface area contributed by atoms with Crippen LogP contribution in [-0.2, 0) is 15.1 Å². The molecule has 0 radical (unpaired) electrons. The summed E-state index contributed by atoms with van der Waals surface area (Å²) in [5.41, 5.74) is 0.666. The van der Waals surface area contributed by atoms with E-state index < -0.39 is 11.6 Å². The Bertz CT molecular complexity index is 720. The first kappa shape index (κ1) is 18.4. The first-order valence-corrected chi connectivity index (χ1v) is 9.19. The molecule has 2 saturated heterocycles. The van der Waals surface area contributed by atoms with Gasteiger partial charge < -0.3 is 10.2 Å². The average molecular weight is 357 g/mol. The Labute approximate surface area is 154 Å². The molecule has 26 heavy (non-hydrogen) atoms. The molecule has 3 rings (SSSR count). The van der Waals surface area contributed by atoms with E-state index in [-0.39, 0.29) is 18.4 Å². The Hall–Kier alpha value is -2.37. The summed E-state index contributed by atoms with van der Waals surface area (Å²) < 4.78 is 0. The van der Waals surface area contributed by atoms with Crippen molar-refractivity contribution in [2.45, 2.75) is 39.7 Å². The molecule has 0 aromatic heterocycles. The third-order valence-electron chi connectivity index (χ3n) is 5.42. The number of carbonyl (C=O) groups excluding carboxylic acids is 3. The lowest BCUT2D eigenvalue weighted by Gasteiger charge is -2.35. The SMILES string of the molecule is Cc1ccc(C2(C)NC(=O)N(CC(=O)N3CC(C)CC(C)C3)C2=O)cc1. The van der Waals surface area contributed by atoms with Crippen LogP contribution in [0.5, 0.6) is 0 Å². The van der Waals surface area contributed by atoms with E-state index >= 15 is 0 Å². The molecule has 0 bridgehead atoms. The summed E-state index contributed by atoms with van der Waals surface area (Å²) in [4.78, 5) is 40.9. The van der Waals surface area contributed by atoms with Gasteiger partial charge in [0.15, 0.2) is 0 Å². The molecule has 0 saturated carbocycles. The lowest BCUT2D eigenvalue weighted by atomic mass is 9.91. The molecule has 2 fully saturated rings. The van der Waals surface area contributed by atoms with Gasteiger partial charge >= 0.3 is 6.03 Å². The fraction of sp³-hybridized carbons (Fsp3) is 0.550. The molecule has 4 amide bonds. The van der Waals surface area contributed by atoms with Crippen molar-refractivity contribution in [1.82, 2.24) is 15.1 Å². The topological polar surface area (TPSA) is 69.7 Å². The van der Waals surface area contributed by atoms with Crippen LogP contribution in [0.1, 0.15) is 38.3 Å². The molecule has 2 aliphatic heterocycles. The fourth-order valence-electron chi connectivity index (χ4n) is 4.02. The summed E-state index contributed by atoms with van der Waals surface area (Å²) in [6.45, 7) is 9.06. The quantitative estimate of drug-likeness (QED) is 0.844. The zero-order chi connectivity index (χ0) is 19.1. The summed E-state index contributed by atoms with van der Waals surface area (Å²) >= 11 is 0. The van der Waals surface area contributed by atoms with Crippen molar-refractivity contribution in [3.63, 3.8) is 0 Å². The van der Waals surface area contributed by atoms with E-state index in [1.54, 1.807) is 11.8 Å². The van der Waals surface area contributed by atoms with Gasteiger partial charge in [0.2, 0.25) is 5.91 Å². The third kappa shape index (κ3) is 3.32. The molecule has 1 aromatic carbocycles. The van der Waals surface area contributed by atoms with E-state index in [2.05, 4.69) is 19.2 Å². The Morgan fingerprint density at radius 3 is 2.31 bits per heavy atom. The van der Waals surface area contributed by atoms with E-state index in [1.807, 2.05) is 31.2 Å². The summed E-state index contributed by atoms with van der Waals surface area (Å²) in [6.07, 6.45) is 1.10. The van der Waals surface area contributed by atoms with Crippen LogP contribution in [0.2, 0.25) is 0 Å². The van der Waals surface area contributed by atoms with Crippen LogP contribution in [0, 0.1) is 18.8 Å². The number of aryl methyl sites for hydroxylation is 1. The van der Waals surface area contributed by atoms with Crippen LogP contribution < -0.4 is 5.32 Å². The van der Waals surface area contributed by atoms with E-state index in [4.69, 9.17) is 0 Å². The Balaban J connectivity index is 1.75. The van der Waals surface area contributed by atoms with Gasteiger partial charge in [0.25, 0.3) is 5.91 Å². The maximum Gasteiger partial charge on any atom is 0.325 e. The molecule has 0 aliphatic carbocycles. The zero-order valence-corrected chi connectivity index (χ0v) is 15.9. The van der Waals surface area contributed by atoms with Gasteiger partial charge in [-0.2, -0.15) is 0 Å². The number of rotatable bonds is 3. The second-order valence-corrected chi connectivity index (χ2v) is 8.06. The van der Waals surface area contributed by atoms with Gasteiger partial charge in [-0.15, -0.1) is 0 Å². The number of piperidine rings is 1. The fourth-order valence-corrected chi connectivity index (χ4v) is 4.02. The van der Waals surface area contributed by atoms with Crippen LogP contribution in [0.3, 0.4) is 0 Å². The van der Waals surface area contributed by atoms with E-state index in [0.717, 1.165) is 22.4 Å². The molecule has 3 atom stereocenters. The number of imide groups is 1. The molecule has 6 nitrogen and oxygen atoms in total. The molecule has 2 aliphatic rings. The van der Waals surface area contributed by atoms with Gasteiger partial charge in [0.05, 0.1) is 0 Å². The molecule has 1 aromatic rings. The Kier molecular flexibility index (Phi) is 4.78. The lowest BCUT2D eigenvalue weighted by molar-refractivity contribution is -0.140. The predicted molar refractivity (Wildman–Crippen MR) is 98.3 cm³/mol. The van der Waals surface area contributed by atoms with Crippen molar-refractivity contribution in [2.24, 2.45) is 11.8 Å². The number of nitrogens with one attached hydrogen (secondary N) is 1. The maximum atomic E-state index is 12.9. The second-order valence-electron chi connectivity index (χ2n) is 8.06. The average Bonchev–Trinajstić information content (AvgIpc) is 2.78. The molecule has 1 N–H and O–H groups in total. The number of carbonyl (C=O) groups is 3. The monoisotopic (exact) mass is 357 g/mol. The lowest BCUT2D eigenvalue weighted by Crippen LogP contribution is -2.48. The summed E-state index contributed by atoms with van der Waals surface area (Å²) in [5.74, 6) is 0.324. The maximum absolute atomic E-state index is 12.9. The largest absolute Gasteiger partial charge is 0.341 e. The minimum atomic E-state index is -1.13. The summed E-state index contributed by atoms with van der Waals surface area (Å²) in [6, 6.07) is 6.98. The van der Waals surface area contributed by atoms with Gasteiger partial charge in [-0.1, -0.05) is 43.7 Å². The number of nitrogens with zero attached hydrogens (tertiary/aromatic N) is 2. The molecule has 140 valence electrons. The molecule has 2 heterocycles. The molecule has 3 unspecified atom stereocenters. The van der Waals surface area contributed by atoms with Crippen LogP contribution in [0.25, 0.3) is 0 Å². The van der Waals surface area contributed by atoms with Gasteiger partial charge in [-0.25, -0.2) is 4.79 Å². The first-order valence-electron chi connectivity index (χ1n) is 9.19. The Morgan fingerprint density at radius 2 is 1.73 bits per heavy atom. The van der Waals surface area contributed by atoms with Crippen molar-refractivity contribution >= 4 is 17.8 Å². The predicted octanol–water partition coefficient (Wildman–Crippen LogP) is 2.27. The van der Waals surface area contributed by atoms with Gasteiger partial charge in [0, 0.05) is 13.1 Å². The van der Waals surface area contributed by atoms with Crippen LogP contribution in [-0.4, -0.2) is 47.3 Å². The minimum absolute atomic E-state index is 0.167. The van der Waals surface area contributed by atoms with Crippen LogP contribution in [0.15, 0.2) is 24.3 Å². The van der Waals surface area contributed by atoms with Crippen LogP contribution >= 0.6 is 0 Å². The van der Waals surface area contributed by atoms with Gasteiger partial charge in [-0.05, 0) is 37.7 Å². The van der Waals surface area contributed by atoms with Crippen molar-refractivity contribution in [3.8, 4) is 0 Å². The first-order chi connectivity index (χ1) is 12.2. The highest BCUT2D eigenvalue weighted by Crippen LogP contribution is 2.29. The highest BCUT2D eigenvalue weighted by molar-refractivity contribution is 6.09. The second kappa shape index (κ2) is 6.74. The minimum Gasteiger partial charge on any atom is -0.341 e. The normalized spacial score (nSPS) is 29.1. The third-order valence-corrected chi connectivity index (χ3v) is 5.42. The number of benzene rings is 1. The highest BCUT2D eigenvalue weighted by Gasteiger charge is 2.49. The van der Waals surface area contributed by atoms with Crippen molar-refractivity contribution < 1.29 is 14.4 Å². The van der Waals surface area contributed by atoms with Gasteiger partial charge in [-0.3, -0.25) is 14.5 Å². The van der Waals surface area contributed by atoms with Crippen molar-refractivity contribution in [2.75, 3.05) is 19.6 Å². The molecule has 0 spiro atoms. The Morgan fingerprint density at radius 1 is 1.15 bits per heavy atom. The zero-order valence-electron chi connectivity index (χ0n) is 15.9. The number of likely N-dealkylation sites (tertiary alicyclic amines) is 1. The van der Waals surface area contributed by atoms with E-state index in [9.17, 15) is 14.4 Å². The van der Waals surface area contributed by atoms with E-state index in [1.165, 1.54) is 0 Å². The summed E-state index contributed by atoms with van der Waals surface area (Å²) in [7, 11) is 0. The number of amides is 4. The molecular formula is C20H27N3O3. The number of hydrogen-bond donors (Lipinski definition) is 1. The molecule has 6 heteroatoms. The summed E-state index contributed by atoms with van der Waals surface area (Å²) in [5, 5.41) is 2.76. The van der Waals surface area contributed by atoms with Crippen molar-refractivity contribution in [1.29, 1.82) is 0 Å². The number of urea groups is 1. The molecular weight excluding hydrogens is 330 g/mol. The van der Waals surface area contributed by atoms with Gasteiger partial charge in [0.1, 0.15) is 12.1 Å². The highest BCUT2D eigenvalue weighted by atomic mass is 16.2. The van der Waals surface area contributed by atoms with E-state index in [0.29, 0.717) is 24.9 Å². The van der Waals surface area contributed by atoms with Crippen LogP contribution in [0.4, 0.5) is 4.79 Å².